The minimum absolute atomic E-state index is 0.567. The van der Waals surface area contributed by atoms with Gasteiger partial charge in [0.25, 0.3) is 0 Å². The molecule has 0 amide bonds. The average molecular weight is 372 g/mol. The summed E-state index contributed by atoms with van der Waals surface area (Å²) in [4.78, 5) is 7.78. The Hall–Kier alpha value is -3.27. The average Bonchev–Trinajstić information content (AvgIpc) is 3.29. The van der Waals surface area contributed by atoms with Gasteiger partial charge in [-0.1, -0.05) is 30.3 Å². The second kappa shape index (κ2) is 8.17. The molecule has 4 heteroatoms. The van der Waals surface area contributed by atoms with Gasteiger partial charge in [0.2, 0.25) is 5.89 Å². The highest BCUT2D eigenvalue weighted by Crippen LogP contribution is 2.22. The van der Waals surface area contributed by atoms with Gasteiger partial charge in [-0.15, -0.1) is 0 Å². The van der Waals surface area contributed by atoms with Crippen LogP contribution in [-0.2, 0) is 12.8 Å². The van der Waals surface area contributed by atoms with Crippen molar-refractivity contribution in [1.29, 1.82) is 0 Å². The van der Waals surface area contributed by atoms with E-state index >= 15 is 0 Å². The lowest BCUT2D eigenvalue weighted by molar-refractivity contribution is 0.320. The van der Waals surface area contributed by atoms with Crippen LogP contribution in [0.4, 0.5) is 0 Å². The molecular weight excluding hydrogens is 348 g/mol. The van der Waals surface area contributed by atoms with Gasteiger partial charge < -0.3 is 14.1 Å². The first-order valence-electron chi connectivity index (χ1n) is 9.55. The zero-order valence-corrected chi connectivity index (χ0v) is 16.2. The molecule has 1 N–H and O–H groups in total. The van der Waals surface area contributed by atoms with Crippen molar-refractivity contribution in [3.63, 3.8) is 0 Å². The molecular formula is C24H24N2O2. The number of nitrogens with zero attached hydrogens (tertiary/aromatic N) is 1. The zero-order valence-electron chi connectivity index (χ0n) is 16.2. The van der Waals surface area contributed by atoms with E-state index in [4.69, 9.17) is 9.15 Å². The van der Waals surface area contributed by atoms with Gasteiger partial charge in [-0.2, -0.15) is 0 Å². The summed E-state index contributed by atoms with van der Waals surface area (Å²) in [5.41, 5.74) is 5.82. The van der Waals surface area contributed by atoms with Crippen molar-refractivity contribution in [2.45, 2.75) is 26.7 Å². The third-order valence-corrected chi connectivity index (χ3v) is 4.90. The van der Waals surface area contributed by atoms with E-state index in [0.29, 0.717) is 18.9 Å². The monoisotopic (exact) mass is 372 g/mol. The molecule has 2 aromatic carbocycles. The maximum atomic E-state index is 5.91. The minimum Gasteiger partial charge on any atom is -0.493 e. The Morgan fingerprint density at radius 2 is 1.75 bits per heavy atom. The molecule has 0 saturated carbocycles. The largest absolute Gasteiger partial charge is 0.493 e. The van der Waals surface area contributed by atoms with Crippen molar-refractivity contribution < 1.29 is 9.15 Å². The highest BCUT2D eigenvalue weighted by molar-refractivity contribution is 5.53. The number of hydrogen-bond acceptors (Lipinski definition) is 3. The van der Waals surface area contributed by atoms with Gasteiger partial charge in [-0.25, -0.2) is 4.98 Å². The number of hydrogen-bond donors (Lipinski definition) is 1. The second-order valence-corrected chi connectivity index (χ2v) is 6.97. The normalized spacial score (nSPS) is 10.9. The Bertz CT molecular complexity index is 1030. The van der Waals surface area contributed by atoms with Crippen LogP contribution in [0.5, 0.6) is 5.75 Å². The Morgan fingerprint density at radius 3 is 2.46 bits per heavy atom. The van der Waals surface area contributed by atoms with Crippen LogP contribution in [0.2, 0.25) is 0 Å². The Kier molecular flexibility index (Phi) is 5.29. The number of H-pyrrole nitrogens is 1. The summed E-state index contributed by atoms with van der Waals surface area (Å²) in [6.07, 6.45) is 5.73. The van der Waals surface area contributed by atoms with E-state index in [9.17, 15) is 0 Å². The molecule has 4 rings (SSSR count). The standard InChI is InChI=1S/C24H24N2O2/c1-17-15-25-16-21(17)14-19-8-10-22(11-9-19)27-13-12-23-18(2)28-24(26-23)20-6-4-3-5-7-20/h3-11,15-16,25H,12-14H2,1-2H3. The molecule has 28 heavy (non-hydrogen) atoms. The van der Waals surface area contributed by atoms with E-state index in [1.165, 1.54) is 16.7 Å². The number of aryl methyl sites for hydroxylation is 2. The quantitative estimate of drug-likeness (QED) is 0.466. The lowest BCUT2D eigenvalue weighted by atomic mass is 10.0. The van der Waals surface area contributed by atoms with Gasteiger partial charge in [0.15, 0.2) is 0 Å². The topological polar surface area (TPSA) is 51.0 Å². The number of rotatable bonds is 7. The van der Waals surface area contributed by atoms with Crippen LogP contribution in [0.25, 0.3) is 11.5 Å². The molecule has 0 spiro atoms. The van der Waals surface area contributed by atoms with E-state index in [1.807, 2.05) is 55.6 Å². The van der Waals surface area contributed by atoms with E-state index in [1.54, 1.807) is 0 Å². The Balaban J connectivity index is 1.33. The fourth-order valence-electron chi connectivity index (χ4n) is 3.22. The molecule has 4 nitrogen and oxygen atoms in total. The number of aromatic nitrogens is 2. The van der Waals surface area contributed by atoms with Gasteiger partial charge >= 0.3 is 0 Å². The first kappa shape index (κ1) is 18.1. The van der Waals surface area contributed by atoms with Crippen molar-refractivity contribution in [3.05, 3.63) is 95.1 Å². The van der Waals surface area contributed by atoms with E-state index in [-0.39, 0.29) is 0 Å². The molecule has 0 aliphatic carbocycles. The Labute approximate surface area is 165 Å². The fraction of sp³-hybridized carbons (Fsp3) is 0.208. The lowest BCUT2D eigenvalue weighted by Gasteiger charge is -2.07. The first-order chi connectivity index (χ1) is 13.7. The fourth-order valence-corrected chi connectivity index (χ4v) is 3.22. The van der Waals surface area contributed by atoms with Crippen LogP contribution in [0.1, 0.15) is 28.1 Å². The molecule has 0 atom stereocenters. The third kappa shape index (κ3) is 4.17. The summed E-state index contributed by atoms with van der Waals surface area (Å²) in [5, 5.41) is 0. The number of ether oxygens (including phenoxy) is 1. The van der Waals surface area contributed by atoms with Crippen LogP contribution >= 0.6 is 0 Å². The van der Waals surface area contributed by atoms with Crippen LogP contribution in [0.3, 0.4) is 0 Å². The predicted octanol–water partition coefficient (Wildman–Crippen LogP) is 5.50. The first-order valence-corrected chi connectivity index (χ1v) is 9.55. The number of oxazole rings is 1. The summed E-state index contributed by atoms with van der Waals surface area (Å²) in [6, 6.07) is 18.3. The van der Waals surface area contributed by atoms with Crippen molar-refractivity contribution in [2.75, 3.05) is 6.61 Å². The number of aromatic amines is 1. The molecule has 2 heterocycles. The minimum atomic E-state index is 0.567. The molecule has 0 aliphatic heterocycles. The van der Waals surface area contributed by atoms with Crippen molar-refractivity contribution in [3.8, 4) is 17.2 Å². The summed E-state index contributed by atoms with van der Waals surface area (Å²) in [6.45, 7) is 4.64. The van der Waals surface area contributed by atoms with E-state index in [2.05, 4.69) is 35.2 Å². The van der Waals surface area contributed by atoms with Gasteiger partial charge in [0, 0.05) is 24.4 Å². The summed E-state index contributed by atoms with van der Waals surface area (Å²) >= 11 is 0. The van der Waals surface area contributed by atoms with Gasteiger partial charge in [0.1, 0.15) is 11.5 Å². The maximum absolute atomic E-state index is 5.91. The number of nitrogens with one attached hydrogen (secondary N) is 1. The number of benzene rings is 2. The van der Waals surface area contributed by atoms with Gasteiger partial charge in [-0.3, -0.25) is 0 Å². The molecule has 2 aromatic heterocycles. The molecule has 0 saturated heterocycles. The van der Waals surface area contributed by atoms with E-state index in [0.717, 1.165) is 29.2 Å². The molecule has 142 valence electrons. The van der Waals surface area contributed by atoms with Crippen LogP contribution < -0.4 is 4.74 Å². The SMILES string of the molecule is Cc1c[nH]cc1Cc1ccc(OCCc2nc(-c3ccccc3)oc2C)cc1. The summed E-state index contributed by atoms with van der Waals surface area (Å²) < 4.78 is 11.7. The molecule has 0 aliphatic rings. The van der Waals surface area contributed by atoms with Crippen molar-refractivity contribution >= 4 is 0 Å². The molecule has 0 bridgehead atoms. The highest BCUT2D eigenvalue weighted by atomic mass is 16.5. The molecule has 0 fully saturated rings. The summed E-state index contributed by atoms with van der Waals surface area (Å²) in [5.74, 6) is 2.39. The lowest BCUT2D eigenvalue weighted by Crippen LogP contribution is -2.03. The van der Waals surface area contributed by atoms with Gasteiger partial charge in [0.05, 0.1) is 12.3 Å². The van der Waals surface area contributed by atoms with Gasteiger partial charge in [-0.05, 0) is 61.2 Å². The Morgan fingerprint density at radius 1 is 0.964 bits per heavy atom. The van der Waals surface area contributed by atoms with E-state index < -0.39 is 0 Å². The maximum Gasteiger partial charge on any atom is 0.226 e. The van der Waals surface area contributed by atoms with Crippen LogP contribution in [0, 0.1) is 13.8 Å². The highest BCUT2D eigenvalue weighted by Gasteiger charge is 2.11. The zero-order chi connectivity index (χ0) is 19.3. The predicted molar refractivity (Wildman–Crippen MR) is 111 cm³/mol. The smallest absolute Gasteiger partial charge is 0.226 e. The molecule has 4 aromatic rings. The molecule has 0 radical (unpaired) electrons. The second-order valence-electron chi connectivity index (χ2n) is 6.97. The van der Waals surface area contributed by atoms with Crippen molar-refractivity contribution in [1.82, 2.24) is 9.97 Å². The van der Waals surface area contributed by atoms with Crippen LogP contribution in [0.15, 0.2) is 71.4 Å². The molecule has 0 unspecified atom stereocenters. The third-order valence-electron chi connectivity index (χ3n) is 4.90. The van der Waals surface area contributed by atoms with Crippen molar-refractivity contribution in [2.24, 2.45) is 0 Å². The summed E-state index contributed by atoms with van der Waals surface area (Å²) in [7, 11) is 0. The van der Waals surface area contributed by atoms with Crippen LogP contribution in [-0.4, -0.2) is 16.6 Å².